The fourth-order valence-corrected chi connectivity index (χ4v) is 3.20. The Bertz CT molecular complexity index is 507. The predicted octanol–water partition coefficient (Wildman–Crippen LogP) is 2.40. The maximum absolute atomic E-state index is 5.98. The summed E-state index contributed by atoms with van der Waals surface area (Å²) in [6.45, 7) is 1.56. The van der Waals surface area contributed by atoms with E-state index in [9.17, 15) is 0 Å². The predicted molar refractivity (Wildman–Crippen MR) is 85.8 cm³/mol. The number of guanidine groups is 1. The molecule has 2 aliphatic rings. The number of ether oxygens (including phenoxy) is 1. The first kappa shape index (κ1) is 14.2. The van der Waals surface area contributed by atoms with Crippen molar-refractivity contribution in [1.29, 1.82) is 0 Å². The van der Waals surface area contributed by atoms with Crippen molar-refractivity contribution in [2.24, 2.45) is 10.7 Å². The monoisotopic (exact) mass is 287 g/mol. The Kier molecular flexibility index (Phi) is 4.63. The fraction of sp³-hybridized carbons (Fsp3) is 0.588. The lowest BCUT2D eigenvalue weighted by Gasteiger charge is -2.23. The number of hydrogen-bond acceptors (Lipinski definition) is 2. The smallest absolute Gasteiger partial charge is 0.188 e. The van der Waals surface area contributed by atoms with Crippen LogP contribution in [0.2, 0.25) is 0 Å². The zero-order valence-electron chi connectivity index (χ0n) is 12.6. The number of rotatable bonds is 4. The molecule has 3 N–H and O–H groups in total. The molecule has 21 heavy (non-hydrogen) atoms. The molecule has 1 aliphatic heterocycles. The van der Waals surface area contributed by atoms with Crippen LogP contribution in [0.15, 0.2) is 23.2 Å². The molecule has 3 rings (SSSR count). The van der Waals surface area contributed by atoms with Crippen LogP contribution in [0.4, 0.5) is 0 Å². The van der Waals surface area contributed by atoms with Crippen LogP contribution >= 0.6 is 0 Å². The van der Waals surface area contributed by atoms with E-state index in [4.69, 9.17) is 10.5 Å². The summed E-state index contributed by atoms with van der Waals surface area (Å²) in [5.74, 6) is 1.65. The molecule has 1 fully saturated rings. The summed E-state index contributed by atoms with van der Waals surface area (Å²) < 4.78 is 5.52. The second kappa shape index (κ2) is 6.83. The van der Waals surface area contributed by atoms with Crippen LogP contribution in [0.3, 0.4) is 0 Å². The van der Waals surface area contributed by atoms with Crippen molar-refractivity contribution in [2.75, 3.05) is 13.2 Å². The third kappa shape index (κ3) is 3.90. The molecule has 0 unspecified atom stereocenters. The zero-order valence-corrected chi connectivity index (χ0v) is 12.6. The Hall–Kier alpha value is -1.71. The Balaban J connectivity index is 1.47. The molecule has 1 aliphatic carbocycles. The van der Waals surface area contributed by atoms with Crippen molar-refractivity contribution >= 4 is 5.96 Å². The largest absolute Gasteiger partial charge is 0.493 e. The number of hydrogen-bond donors (Lipinski definition) is 2. The van der Waals surface area contributed by atoms with Crippen molar-refractivity contribution in [3.8, 4) is 5.75 Å². The van der Waals surface area contributed by atoms with Crippen molar-refractivity contribution in [1.82, 2.24) is 5.32 Å². The molecule has 1 heterocycles. The second-order valence-electron chi connectivity index (χ2n) is 6.04. The molecule has 0 saturated heterocycles. The van der Waals surface area contributed by atoms with E-state index in [0.29, 0.717) is 12.0 Å². The number of nitrogens with two attached hydrogens (primary N) is 1. The maximum Gasteiger partial charge on any atom is 0.188 e. The molecule has 114 valence electrons. The van der Waals surface area contributed by atoms with E-state index in [0.717, 1.165) is 31.7 Å². The third-order valence-electron chi connectivity index (χ3n) is 4.39. The lowest BCUT2D eigenvalue weighted by molar-refractivity contribution is 0.357. The molecule has 0 radical (unpaired) electrons. The highest BCUT2D eigenvalue weighted by molar-refractivity contribution is 5.78. The van der Waals surface area contributed by atoms with E-state index in [-0.39, 0.29) is 0 Å². The van der Waals surface area contributed by atoms with Crippen LogP contribution in [0, 0.1) is 0 Å². The molecule has 0 bridgehead atoms. The van der Waals surface area contributed by atoms with Gasteiger partial charge in [-0.2, -0.15) is 0 Å². The highest BCUT2D eigenvalue weighted by atomic mass is 16.5. The number of aliphatic imine (C=N–C) groups is 1. The zero-order chi connectivity index (χ0) is 14.5. The summed E-state index contributed by atoms with van der Waals surface area (Å²) in [7, 11) is 0. The molecule has 4 heteroatoms. The molecule has 1 aromatic rings. The Morgan fingerprint density at radius 2 is 2.14 bits per heavy atom. The Morgan fingerprint density at radius 3 is 3.00 bits per heavy atom. The minimum absolute atomic E-state index is 0.527. The number of fused-ring (bicyclic) bond motifs is 1. The topological polar surface area (TPSA) is 59.6 Å². The van der Waals surface area contributed by atoms with E-state index < -0.39 is 0 Å². The van der Waals surface area contributed by atoms with Gasteiger partial charge in [0.1, 0.15) is 5.75 Å². The van der Waals surface area contributed by atoms with Gasteiger partial charge in [-0.1, -0.05) is 31.4 Å². The number of nitrogens with zero attached hydrogens (tertiary/aromatic N) is 1. The van der Waals surface area contributed by atoms with Crippen LogP contribution in [-0.4, -0.2) is 25.2 Å². The molecule has 1 aromatic carbocycles. The van der Waals surface area contributed by atoms with Gasteiger partial charge < -0.3 is 15.8 Å². The quantitative estimate of drug-likeness (QED) is 0.660. The van der Waals surface area contributed by atoms with Crippen LogP contribution < -0.4 is 15.8 Å². The lowest BCUT2D eigenvalue weighted by atomic mass is 9.96. The molecular weight excluding hydrogens is 262 g/mol. The average molecular weight is 287 g/mol. The molecule has 0 amide bonds. The van der Waals surface area contributed by atoms with Crippen molar-refractivity contribution in [3.63, 3.8) is 0 Å². The standard InChI is InChI=1S/C17H25N3O/c18-17(20-15-4-2-1-3-5-15)19-10-8-13-6-7-16-14(12-13)9-11-21-16/h6-7,12,15H,1-5,8-11H2,(H3,18,19,20). The summed E-state index contributed by atoms with van der Waals surface area (Å²) in [6, 6.07) is 6.97. The maximum atomic E-state index is 5.98. The van der Waals surface area contributed by atoms with Gasteiger partial charge in [-0.25, -0.2) is 0 Å². The van der Waals surface area contributed by atoms with Gasteiger partial charge in [-0.05, 0) is 36.5 Å². The normalized spacial score (nSPS) is 19.1. The van der Waals surface area contributed by atoms with Crippen LogP contribution in [0.1, 0.15) is 43.2 Å². The summed E-state index contributed by atoms with van der Waals surface area (Å²) in [5, 5.41) is 3.35. The SMILES string of the molecule is NC(=NCCc1ccc2c(c1)CCO2)NC1CCCCC1. The minimum atomic E-state index is 0.527. The fourth-order valence-electron chi connectivity index (χ4n) is 3.20. The number of nitrogens with one attached hydrogen (secondary N) is 1. The van der Waals surface area contributed by atoms with E-state index >= 15 is 0 Å². The highest BCUT2D eigenvalue weighted by Crippen LogP contribution is 2.25. The van der Waals surface area contributed by atoms with E-state index in [2.05, 4.69) is 28.5 Å². The van der Waals surface area contributed by atoms with Crippen LogP contribution in [-0.2, 0) is 12.8 Å². The highest BCUT2D eigenvalue weighted by Gasteiger charge is 2.13. The van der Waals surface area contributed by atoms with Crippen molar-refractivity contribution in [3.05, 3.63) is 29.3 Å². The summed E-state index contributed by atoms with van der Waals surface area (Å²) in [5.41, 5.74) is 8.62. The van der Waals surface area contributed by atoms with E-state index in [1.165, 1.54) is 43.2 Å². The Labute approximate surface area is 126 Å². The molecule has 4 nitrogen and oxygen atoms in total. The molecule has 0 atom stereocenters. The lowest BCUT2D eigenvalue weighted by Crippen LogP contribution is -2.41. The third-order valence-corrected chi connectivity index (χ3v) is 4.39. The summed E-state index contributed by atoms with van der Waals surface area (Å²) in [4.78, 5) is 4.46. The van der Waals surface area contributed by atoms with Crippen LogP contribution in [0.25, 0.3) is 0 Å². The van der Waals surface area contributed by atoms with Gasteiger partial charge in [0.05, 0.1) is 6.61 Å². The van der Waals surface area contributed by atoms with Crippen molar-refractivity contribution in [2.45, 2.75) is 51.0 Å². The van der Waals surface area contributed by atoms with Gasteiger partial charge in [0, 0.05) is 19.0 Å². The van der Waals surface area contributed by atoms with Gasteiger partial charge in [-0.3, -0.25) is 4.99 Å². The molecular formula is C17H25N3O. The first-order valence-electron chi connectivity index (χ1n) is 8.12. The molecule has 0 spiro atoms. The minimum Gasteiger partial charge on any atom is -0.493 e. The van der Waals surface area contributed by atoms with E-state index in [1.54, 1.807) is 0 Å². The van der Waals surface area contributed by atoms with E-state index in [1.807, 2.05) is 0 Å². The van der Waals surface area contributed by atoms with Crippen molar-refractivity contribution < 1.29 is 4.74 Å². The average Bonchev–Trinajstić information content (AvgIpc) is 2.96. The van der Waals surface area contributed by atoms with Crippen LogP contribution in [0.5, 0.6) is 5.75 Å². The van der Waals surface area contributed by atoms with Gasteiger partial charge in [0.2, 0.25) is 0 Å². The molecule has 1 saturated carbocycles. The van der Waals surface area contributed by atoms with Gasteiger partial charge in [0.25, 0.3) is 0 Å². The van der Waals surface area contributed by atoms with Gasteiger partial charge >= 0.3 is 0 Å². The summed E-state index contributed by atoms with van der Waals surface area (Å²) >= 11 is 0. The van der Waals surface area contributed by atoms with Gasteiger partial charge in [0.15, 0.2) is 5.96 Å². The first-order valence-corrected chi connectivity index (χ1v) is 8.12. The summed E-state index contributed by atoms with van der Waals surface area (Å²) in [6.07, 6.45) is 8.38. The number of benzene rings is 1. The second-order valence-corrected chi connectivity index (χ2v) is 6.04. The first-order chi connectivity index (χ1) is 10.3. The molecule has 0 aromatic heterocycles. The van der Waals surface area contributed by atoms with Gasteiger partial charge in [-0.15, -0.1) is 0 Å². The Morgan fingerprint density at radius 1 is 1.29 bits per heavy atom.